The number of benzene rings is 1. The Morgan fingerprint density at radius 3 is 3.13 bits per heavy atom. The van der Waals surface area contributed by atoms with Gasteiger partial charge >= 0.3 is 0 Å². The summed E-state index contributed by atoms with van der Waals surface area (Å²) in [6, 6.07) is 5.81. The lowest BCUT2D eigenvalue weighted by Gasteiger charge is -2.05. The standard InChI is InChI=1S/C11H10N2O2/c1-15-11-5-8-2-3-13-10(8)4-9(11)6-12-7-14/h2-5,13H,6H2,1H3. The van der Waals surface area contributed by atoms with Crippen LogP contribution in [0.3, 0.4) is 0 Å². The molecule has 0 unspecified atom stereocenters. The number of aromatic amines is 1. The molecular formula is C11H10N2O2. The lowest BCUT2D eigenvalue weighted by molar-refractivity contribution is 0.410. The molecule has 0 saturated heterocycles. The van der Waals surface area contributed by atoms with Crippen molar-refractivity contribution in [1.29, 1.82) is 0 Å². The molecule has 2 aromatic rings. The van der Waals surface area contributed by atoms with Crippen molar-refractivity contribution >= 4 is 17.0 Å². The van der Waals surface area contributed by atoms with Crippen LogP contribution in [0.5, 0.6) is 5.75 Å². The van der Waals surface area contributed by atoms with Crippen molar-refractivity contribution in [3.8, 4) is 5.75 Å². The summed E-state index contributed by atoms with van der Waals surface area (Å²) >= 11 is 0. The van der Waals surface area contributed by atoms with E-state index >= 15 is 0 Å². The Morgan fingerprint density at radius 1 is 1.53 bits per heavy atom. The Kier molecular flexibility index (Phi) is 2.52. The second-order valence-corrected chi connectivity index (χ2v) is 3.14. The third-order valence-corrected chi connectivity index (χ3v) is 2.27. The molecule has 0 aliphatic heterocycles. The van der Waals surface area contributed by atoms with Crippen molar-refractivity contribution < 1.29 is 9.53 Å². The SMILES string of the molecule is COc1cc2cc[nH]c2cc1CN=C=O. The van der Waals surface area contributed by atoms with Gasteiger partial charge in [-0.2, -0.15) is 0 Å². The Morgan fingerprint density at radius 2 is 2.40 bits per heavy atom. The predicted octanol–water partition coefficient (Wildman–Crippen LogP) is 2.01. The number of fused-ring (bicyclic) bond motifs is 1. The highest BCUT2D eigenvalue weighted by molar-refractivity contribution is 5.82. The van der Waals surface area contributed by atoms with Crippen LogP contribution in [-0.2, 0) is 11.3 Å². The maximum absolute atomic E-state index is 10.1. The zero-order valence-electron chi connectivity index (χ0n) is 8.28. The van der Waals surface area contributed by atoms with Gasteiger partial charge in [0.2, 0.25) is 6.08 Å². The van der Waals surface area contributed by atoms with Gasteiger partial charge in [-0.3, -0.25) is 0 Å². The number of nitrogens with zero attached hydrogens (tertiary/aromatic N) is 1. The van der Waals surface area contributed by atoms with Crippen LogP contribution < -0.4 is 4.74 Å². The summed E-state index contributed by atoms with van der Waals surface area (Å²) in [5.41, 5.74) is 1.88. The van der Waals surface area contributed by atoms with Gasteiger partial charge in [-0.25, -0.2) is 9.79 Å². The summed E-state index contributed by atoms with van der Waals surface area (Å²) < 4.78 is 5.22. The third-order valence-electron chi connectivity index (χ3n) is 2.27. The highest BCUT2D eigenvalue weighted by Crippen LogP contribution is 2.25. The summed E-state index contributed by atoms with van der Waals surface area (Å²) in [7, 11) is 1.60. The number of rotatable bonds is 3. The van der Waals surface area contributed by atoms with Crippen molar-refractivity contribution in [3.05, 3.63) is 30.0 Å². The first-order chi connectivity index (χ1) is 7.35. The van der Waals surface area contributed by atoms with Crippen LogP contribution in [0.25, 0.3) is 10.9 Å². The molecule has 0 aliphatic rings. The fourth-order valence-electron chi connectivity index (χ4n) is 1.56. The summed E-state index contributed by atoms with van der Waals surface area (Å²) in [6.45, 7) is 0.293. The topological polar surface area (TPSA) is 54.4 Å². The zero-order valence-corrected chi connectivity index (χ0v) is 8.28. The summed E-state index contributed by atoms with van der Waals surface area (Å²) in [6.07, 6.45) is 3.38. The van der Waals surface area contributed by atoms with Gasteiger partial charge in [0.1, 0.15) is 5.75 Å². The Hall–Kier alpha value is -2.06. The zero-order chi connectivity index (χ0) is 10.7. The van der Waals surface area contributed by atoms with Gasteiger partial charge in [0.25, 0.3) is 0 Å². The average molecular weight is 202 g/mol. The molecule has 0 saturated carbocycles. The molecule has 0 radical (unpaired) electrons. The molecule has 1 N–H and O–H groups in total. The van der Waals surface area contributed by atoms with E-state index in [1.807, 2.05) is 24.4 Å². The first kappa shape index (κ1) is 9.49. The largest absolute Gasteiger partial charge is 0.496 e. The minimum Gasteiger partial charge on any atom is -0.496 e. The van der Waals surface area contributed by atoms with Gasteiger partial charge in [-0.15, -0.1) is 0 Å². The molecule has 76 valence electrons. The molecule has 1 aromatic heterocycles. The van der Waals surface area contributed by atoms with Crippen molar-refractivity contribution in [3.63, 3.8) is 0 Å². The van der Waals surface area contributed by atoms with E-state index in [0.29, 0.717) is 6.54 Å². The predicted molar refractivity (Wildman–Crippen MR) is 56.7 cm³/mol. The summed E-state index contributed by atoms with van der Waals surface area (Å²) in [5.74, 6) is 0.737. The summed E-state index contributed by atoms with van der Waals surface area (Å²) in [5, 5.41) is 1.07. The average Bonchev–Trinajstić information content (AvgIpc) is 2.71. The molecule has 0 aliphatic carbocycles. The number of aliphatic imine (C=N–C) groups is 1. The molecule has 15 heavy (non-hydrogen) atoms. The highest BCUT2D eigenvalue weighted by atomic mass is 16.5. The highest BCUT2D eigenvalue weighted by Gasteiger charge is 2.05. The number of carbonyl (C=O) groups excluding carboxylic acids is 1. The smallest absolute Gasteiger partial charge is 0.235 e. The van der Waals surface area contributed by atoms with Gasteiger partial charge in [-0.05, 0) is 18.2 Å². The van der Waals surface area contributed by atoms with Gasteiger partial charge in [0.05, 0.1) is 13.7 Å². The maximum atomic E-state index is 10.1. The van der Waals surface area contributed by atoms with Crippen LogP contribution in [-0.4, -0.2) is 18.2 Å². The number of nitrogens with one attached hydrogen (secondary N) is 1. The minimum absolute atomic E-state index is 0.293. The maximum Gasteiger partial charge on any atom is 0.235 e. The number of hydrogen-bond acceptors (Lipinski definition) is 3. The number of methoxy groups -OCH3 is 1. The molecule has 0 amide bonds. The number of H-pyrrole nitrogens is 1. The van der Waals surface area contributed by atoms with E-state index in [2.05, 4.69) is 9.98 Å². The molecule has 2 rings (SSSR count). The van der Waals surface area contributed by atoms with Gasteiger partial charge in [0, 0.05) is 22.7 Å². The van der Waals surface area contributed by atoms with Crippen LogP contribution >= 0.6 is 0 Å². The Balaban J connectivity index is 2.53. The Bertz CT molecular complexity index is 524. The lowest BCUT2D eigenvalue weighted by atomic mass is 10.1. The molecule has 1 aromatic carbocycles. The van der Waals surface area contributed by atoms with Crippen LogP contribution in [0.15, 0.2) is 29.4 Å². The van der Waals surface area contributed by atoms with E-state index in [9.17, 15) is 4.79 Å². The molecule has 0 spiro atoms. The quantitative estimate of drug-likeness (QED) is 0.611. The van der Waals surface area contributed by atoms with Gasteiger partial charge in [-0.1, -0.05) is 0 Å². The Labute approximate surface area is 86.6 Å². The first-order valence-electron chi connectivity index (χ1n) is 4.53. The van der Waals surface area contributed by atoms with Gasteiger partial charge < -0.3 is 9.72 Å². The monoisotopic (exact) mass is 202 g/mol. The van der Waals surface area contributed by atoms with Crippen LogP contribution in [0.4, 0.5) is 0 Å². The van der Waals surface area contributed by atoms with Gasteiger partial charge in [0.15, 0.2) is 0 Å². The van der Waals surface area contributed by atoms with Crippen LogP contribution in [0.1, 0.15) is 5.56 Å². The fraction of sp³-hybridized carbons (Fsp3) is 0.182. The minimum atomic E-state index is 0.293. The van der Waals surface area contributed by atoms with E-state index < -0.39 is 0 Å². The molecule has 4 heteroatoms. The molecular weight excluding hydrogens is 192 g/mol. The molecule has 1 heterocycles. The number of aromatic nitrogens is 1. The van der Waals surface area contributed by atoms with E-state index in [-0.39, 0.29) is 0 Å². The second kappa shape index (κ2) is 3.98. The van der Waals surface area contributed by atoms with Crippen LogP contribution in [0.2, 0.25) is 0 Å². The van der Waals surface area contributed by atoms with Crippen molar-refractivity contribution in [2.75, 3.05) is 7.11 Å². The molecule has 0 fully saturated rings. The molecule has 4 nitrogen and oxygen atoms in total. The fourth-order valence-corrected chi connectivity index (χ4v) is 1.56. The number of ether oxygens (including phenoxy) is 1. The number of hydrogen-bond donors (Lipinski definition) is 1. The van der Waals surface area contributed by atoms with Crippen molar-refractivity contribution in [2.24, 2.45) is 4.99 Å². The van der Waals surface area contributed by atoms with Crippen molar-refractivity contribution in [1.82, 2.24) is 4.98 Å². The third kappa shape index (κ3) is 1.75. The summed E-state index contributed by atoms with van der Waals surface area (Å²) in [4.78, 5) is 16.7. The lowest BCUT2D eigenvalue weighted by Crippen LogP contribution is -1.90. The molecule has 0 atom stereocenters. The molecule has 0 bridgehead atoms. The van der Waals surface area contributed by atoms with E-state index in [1.54, 1.807) is 7.11 Å². The normalized spacial score (nSPS) is 9.93. The van der Waals surface area contributed by atoms with E-state index in [4.69, 9.17) is 4.74 Å². The van der Waals surface area contributed by atoms with E-state index in [1.165, 1.54) is 6.08 Å². The second-order valence-electron chi connectivity index (χ2n) is 3.14. The van der Waals surface area contributed by atoms with Crippen LogP contribution in [0, 0.1) is 0 Å². The number of isocyanates is 1. The van der Waals surface area contributed by atoms with Crippen molar-refractivity contribution in [2.45, 2.75) is 6.54 Å². The first-order valence-corrected chi connectivity index (χ1v) is 4.53. The van der Waals surface area contributed by atoms with E-state index in [0.717, 1.165) is 22.2 Å².